The molecule has 10 rings (SSSR count). The van der Waals surface area contributed by atoms with E-state index in [4.69, 9.17) is 15.0 Å². The van der Waals surface area contributed by atoms with Gasteiger partial charge in [0.1, 0.15) is 0 Å². The van der Waals surface area contributed by atoms with E-state index in [9.17, 15) is 0 Å². The predicted molar refractivity (Wildman–Crippen MR) is 195 cm³/mol. The van der Waals surface area contributed by atoms with Gasteiger partial charge < -0.3 is 0 Å². The fourth-order valence-electron chi connectivity index (χ4n) is 7.80. The third-order valence-corrected chi connectivity index (χ3v) is 11.0. The average molecular weight is 621 g/mol. The van der Waals surface area contributed by atoms with Gasteiger partial charge in [-0.25, -0.2) is 4.98 Å². The van der Waals surface area contributed by atoms with Crippen molar-refractivity contribution in [3.05, 3.63) is 145 Å². The fourth-order valence-corrected chi connectivity index (χ4v) is 9.05. The average Bonchev–Trinajstić information content (AvgIpc) is 3.75. The molecule has 0 bridgehead atoms. The molecular formula is C42H28N4S. The Morgan fingerprint density at radius 3 is 1.89 bits per heavy atom. The molecule has 1 aliphatic carbocycles. The van der Waals surface area contributed by atoms with Crippen LogP contribution in [-0.4, -0.2) is 19.5 Å². The molecule has 0 amide bonds. The predicted octanol–water partition coefficient (Wildman–Crippen LogP) is 11.0. The summed E-state index contributed by atoms with van der Waals surface area (Å²) in [6, 6.07) is 47.0. The summed E-state index contributed by atoms with van der Waals surface area (Å²) in [5, 5.41) is 5.09. The van der Waals surface area contributed by atoms with Crippen LogP contribution in [0.25, 0.3) is 81.8 Å². The number of aromatic nitrogens is 4. The topological polar surface area (TPSA) is 43.6 Å². The highest BCUT2D eigenvalue weighted by atomic mass is 32.1. The van der Waals surface area contributed by atoms with Gasteiger partial charge in [0.2, 0.25) is 5.95 Å². The zero-order valence-corrected chi connectivity index (χ0v) is 26.7. The Labute approximate surface area is 275 Å². The van der Waals surface area contributed by atoms with Crippen LogP contribution in [0.5, 0.6) is 0 Å². The summed E-state index contributed by atoms with van der Waals surface area (Å²) < 4.78 is 4.84. The zero-order chi connectivity index (χ0) is 31.3. The highest BCUT2D eigenvalue weighted by Gasteiger charge is 2.40. The molecule has 0 saturated heterocycles. The Morgan fingerprint density at radius 2 is 1.17 bits per heavy atom. The van der Waals surface area contributed by atoms with Crippen molar-refractivity contribution in [2.75, 3.05) is 0 Å². The van der Waals surface area contributed by atoms with Crippen molar-refractivity contribution in [1.29, 1.82) is 0 Å². The molecule has 6 aromatic carbocycles. The van der Waals surface area contributed by atoms with E-state index in [0.717, 1.165) is 22.2 Å². The number of hydrogen-bond acceptors (Lipinski definition) is 4. The lowest BCUT2D eigenvalue weighted by atomic mass is 9.80. The summed E-state index contributed by atoms with van der Waals surface area (Å²) in [5.41, 5.74) is 9.39. The van der Waals surface area contributed by atoms with Crippen molar-refractivity contribution in [2.24, 2.45) is 0 Å². The van der Waals surface area contributed by atoms with Crippen LogP contribution in [0, 0.1) is 0 Å². The van der Waals surface area contributed by atoms with Crippen molar-refractivity contribution in [3.8, 4) is 39.9 Å². The van der Waals surface area contributed by atoms with E-state index in [-0.39, 0.29) is 5.41 Å². The third-order valence-electron chi connectivity index (χ3n) is 9.82. The molecule has 1 aliphatic rings. The molecule has 0 aliphatic heterocycles. The monoisotopic (exact) mass is 620 g/mol. The molecule has 0 radical (unpaired) electrons. The minimum absolute atomic E-state index is 0.208. The molecule has 0 N–H and O–H groups in total. The van der Waals surface area contributed by atoms with Crippen LogP contribution in [-0.2, 0) is 5.41 Å². The second kappa shape index (κ2) is 9.68. The van der Waals surface area contributed by atoms with E-state index in [1.807, 2.05) is 47.7 Å². The third kappa shape index (κ3) is 3.66. The Morgan fingerprint density at radius 1 is 0.574 bits per heavy atom. The van der Waals surface area contributed by atoms with Crippen molar-refractivity contribution in [3.63, 3.8) is 0 Å². The van der Waals surface area contributed by atoms with Gasteiger partial charge in [-0.15, -0.1) is 11.3 Å². The summed E-state index contributed by atoms with van der Waals surface area (Å²) in [6.07, 6.45) is 0. The number of para-hydroxylation sites is 1. The van der Waals surface area contributed by atoms with Gasteiger partial charge in [0.25, 0.3) is 0 Å². The van der Waals surface area contributed by atoms with Crippen molar-refractivity contribution in [2.45, 2.75) is 19.3 Å². The number of rotatable bonds is 3. The van der Waals surface area contributed by atoms with E-state index in [0.29, 0.717) is 17.6 Å². The van der Waals surface area contributed by atoms with E-state index in [1.165, 1.54) is 53.2 Å². The first kappa shape index (κ1) is 26.6. The lowest BCUT2D eigenvalue weighted by Gasteiger charge is -2.23. The van der Waals surface area contributed by atoms with Gasteiger partial charge in [-0.2, -0.15) is 9.97 Å². The van der Waals surface area contributed by atoms with Crippen LogP contribution in [0.4, 0.5) is 0 Å². The summed E-state index contributed by atoms with van der Waals surface area (Å²) in [7, 11) is 0. The van der Waals surface area contributed by atoms with Crippen LogP contribution in [0.2, 0.25) is 0 Å². The van der Waals surface area contributed by atoms with E-state index in [2.05, 4.69) is 115 Å². The van der Waals surface area contributed by atoms with E-state index in [1.54, 1.807) is 0 Å². The second-order valence-electron chi connectivity index (χ2n) is 12.8. The molecule has 0 unspecified atom stereocenters. The normalized spacial score (nSPS) is 13.5. The highest BCUT2D eigenvalue weighted by molar-refractivity contribution is 7.26. The van der Waals surface area contributed by atoms with Crippen LogP contribution in [0.3, 0.4) is 0 Å². The summed E-state index contributed by atoms with van der Waals surface area (Å²) >= 11 is 1.87. The molecule has 5 heteroatoms. The number of fused-ring (bicyclic) bond motifs is 12. The minimum Gasteiger partial charge on any atom is -0.276 e. The lowest BCUT2D eigenvalue weighted by molar-refractivity contribution is 0.667. The molecule has 47 heavy (non-hydrogen) atoms. The second-order valence-corrected chi connectivity index (χ2v) is 13.9. The van der Waals surface area contributed by atoms with Gasteiger partial charge in [-0.05, 0) is 34.4 Å². The van der Waals surface area contributed by atoms with Gasteiger partial charge in [0, 0.05) is 42.8 Å². The van der Waals surface area contributed by atoms with E-state index < -0.39 is 0 Å². The Balaban J connectivity index is 1.43. The van der Waals surface area contributed by atoms with Crippen LogP contribution >= 0.6 is 11.3 Å². The first-order valence-electron chi connectivity index (χ1n) is 16.0. The zero-order valence-electron chi connectivity index (χ0n) is 25.9. The first-order chi connectivity index (χ1) is 23.1. The summed E-state index contributed by atoms with van der Waals surface area (Å²) in [4.78, 5) is 15.5. The smallest absolute Gasteiger partial charge is 0.238 e. The van der Waals surface area contributed by atoms with E-state index >= 15 is 0 Å². The van der Waals surface area contributed by atoms with Gasteiger partial charge in [0.05, 0.1) is 15.7 Å². The summed E-state index contributed by atoms with van der Waals surface area (Å²) in [5.74, 6) is 1.93. The Kier molecular flexibility index (Phi) is 5.47. The fraction of sp³-hybridized carbons (Fsp3) is 0.0714. The number of hydrogen-bond donors (Lipinski definition) is 0. The van der Waals surface area contributed by atoms with Gasteiger partial charge >= 0.3 is 0 Å². The van der Waals surface area contributed by atoms with Crippen LogP contribution in [0.15, 0.2) is 133 Å². The standard InChI is InChI=1S/C42H28N4S/c1-42(2)30-22-12-9-19-27(30)33-34-29-21-11-14-24-32(29)47-38(34)37-35(36(33)42)28-20-10-13-23-31(28)46(37)41-44-39(25-15-5-3-6-16-25)43-40(45-41)26-17-7-4-8-18-26/h3-24H,1-2H3. The molecule has 0 atom stereocenters. The minimum atomic E-state index is -0.208. The Bertz CT molecular complexity index is 2640. The van der Waals surface area contributed by atoms with Crippen molar-refractivity contribution < 1.29 is 0 Å². The number of thiophene rings is 1. The largest absolute Gasteiger partial charge is 0.276 e. The molecule has 3 aromatic heterocycles. The lowest BCUT2D eigenvalue weighted by Crippen LogP contribution is -2.15. The van der Waals surface area contributed by atoms with Crippen LogP contribution in [0.1, 0.15) is 25.0 Å². The molecule has 0 fully saturated rings. The molecule has 222 valence electrons. The maximum absolute atomic E-state index is 5.25. The molecule has 3 heterocycles. The SMILES string of the molecule is CC1(C)c2ccccc2-c2c1c1c3ccccc3n(-c3nc(-c4ccccc4)nc(-c4ccccc4)n3)c1c1sc3ccccc3c21. The van der Waals surface area contributed by atoms with Gasteiger partial charge in [-0.1, -0.05) is 135 Å². The summed E-state index contributed by atoms with van der Waals surface area (Å²) in [6.45, 7) is 4.77. The Hall–Kier alpha value is -5.65. The van der Waals surface area contributed by atoms with Gasteiger partial charge in [0.15, 0.2) is 11.6 Å². The highest BCUT2D eigenvalue weighted by Crippen LogP contribution is 2.58. The molecular weight excluding hydrogens is 593 g/mol. The number of nitrogens with zero attached hydrogens (tertiary/aromatic N) is 4. The first-order valence-corrected chi connectivity index (χ1v) is 16.8. The van der Waals surface area contributed by atoms with Crippen molar-refractivity contribution >= 4 is 53.3 Å². The maximum atomic E-state index is 5.25. The quantitative estimate of drug-likeness (QED) is 0.197. The maximum Gasteiger partial charge on any atom is 0.238 e. The molecule has 4 nitrogen and oxygen atoms in total. The number of benzene rings is 6. The molecule has 0 spiro atoms. The van der Waals surface area contributed by atoms with Crippen molar-refractivity contribution in [1.82, 2.24) is 19.5 Å². The molecule has 9 aromatic rings. The molecule has 0 saturated carbocycles. The van der Waals surface area contributed by atoms with Gasteiger partial charge in [-0.3, -0.25) is 4.57 Å². The van der Waals surface area contributed by atoms with Crippen LogP contribution < -0.4 is 0 Å².